The van der Waals surface area contributed by atoms with Crippen molar-refractivity contribution in [1.29, 1.82) is 0 Å². The zero-order valence-corrected chi connectivity index (χ0v) is 16.3. The van der Waals surface area contributed by atoms with Crippen LogP contribution in [-0.2, 0) is 9.53 Å². The summed E-state index contributed by atoms with van der Waals surface area (Å²) in [7, 11) is 0. The van der Waals surface area contributed by atoms with Crippen LogP contribution in [0.2, 0.25) is 0 Å². The van der Waals surface area contributed by atoms with Crippen molar-refractivity contribution >= 4 is 30.7 Å². The molecular weight excluding hydrogens is 365 g/mol. The van der Waals surface area contributed by atoms with Gasteiger partial charge in [0.1, 0.15) is 11.5 Å². The molecule has 0 radical (unpaired) electrons. The van der Waals surface area contributed by atoms with E-state index in [4.69, 9.17) is 9.15 Å². The lowest BCUT2D eigenvalue weighted by Gasteiger charge is -2.34. The molecule has 2 unspecified atom stereocenters. The van der Waals surface area contributed by atoms with E-state index in [0.29, 0.717) is 6.54 Å². The van der Waals surface area contributed by atoms with E-state index in [9.17, 15) is 4.79 Å². The Bertz CT molecular complexity index is 515. The Kier molecular flexibility index (Phi) is 9.82. The summed E-state index contributed by atoms with van der Waals surface area (Å²) in [5, 5.41) is 6.41. The van der Waals surface area contributed by atoms with Crippen LogP contribution in [0.15, 0.2) is 16.5 Å². The number of hydrogen-bond acceptors (Lipinski definition) is 5. The molecule has 0 spiro atoms. The molecule has 3 heterocycles. The fourth-order valence-corrected chi connectivity index (χ4v) is 3.33. The number of nitrogens with zero attached hydrogens (tertiary/aromatic N) is 1. The molecule has 3 rings (SSSR count). The number of nitrogens with one attached hydrogen (secondary N) is 2. The number of piperidine rings is 1. The van der Waals surface area contributed by atoms with Crippen molar-refractivity contribution in [2.24, 2.45) is 0 Å². The summed E-state index contributed by atoms with van der Waals surface area (Å²) in [6.07, 6.45) is 3.20. The predicted octanol–water partition coefficient (Wildman–Crippen LogP) is 2.06. The standard InChI is InChI=1S/C17H27N3O3.2ClH/c1-13-5-6-16(23-13)15(20-8-10-22-11-9-20)12-19-17(21)14-4-2-3-7-18-14;;/h5-6,14-15,18H,2-4,7-12H2,1H3,(H,19,21);2*1H. The van der Waals surface area contributed by atoms with Gasteiger partial charge in [0.15, 0.2) is 0 Å². The molecule has 8 heteroatoms. The SMILES string of the molecule is Cc1ccc(C(CNC(=O)C2CCCCN2)N2CCOCC2)o1.Cl.Cl. The van der Waals surface area contributed by atoms with Gasteiger partial charge < -0.3 is 19.8 Å². The van der Waals surface area contributed by atoms with Gasteiger partial charge in [-0.2, -0.15) is 0 Å². The first-order chi connectivity index (χ1) is 11.2. The van der Waals surface area contributed by atoms with Gasteiger partial charge in [-0.25, -0.2) is 0 Å². The highest BCUT2D eigenvalue weighted by Gasteiger charge is 2.27. The smallest absolute Gasteiger partial charge is 0.237 e. The van der Waals surface area contributed by atoms with Crippen LogP contribution < -0.4 is 10.6 Å². The van der Waals surface area contributed by atoms with E-state index in [1.165, 1.54) is 0 Å². The summed E-state index contributed by atoms with van der Waals surface area (Å²) < 4.78 is 11.3. The minimum Gasteiger partial charge on any atom is -0.465 e. The molecule has 2 N–H and O–H groups in total. The van der Waals surface area contributed by atoms with Crippen LogP contribution in [-0.4, -0.2) is 56.2 Å². The summed E-state index contributed by atoms with van der Waals surface area (Å²) in [5.41, 5.74) is 0. The molecule has 2 fully saturated rings. The first kappa shape index (κ1) is 22.3. The quantitative estimate of drug-likeness (QED) is 0.801. The lowest BCUT2D eigenvalue weighted by Crippen LogP contribution is -2.49. The highest BCUT2D eigenvalue weighted by atomic mass is 35.5. The van der Waals surface area contributed by atoms with E-state index in [2.05, 4.69) is 15.5 Å². The molecule has 1 aromatic heterocycles. The highest BCUT2D eigenvalue weighted by Crippen LogP contribution is 2.23. The van der Waals surface area contributed by atoms with Gasteiger partial charge in [0.25, 0.3) is 0 Å². The molecule has 2 aliphatic rings. The third-order valence-corrected chi connectivity index (χ3v) is 4.67. The van der Waals surface area contributed by atoms with E-state index in [1.807, 2.05) is 19.1 Å². The first-order valence-electron chi connectivity index (χ1n) is 8.63. The Hall–Kier alpha value is -0.790. The molecule has 25 heavy (non-hydrogen) atoms. The van der Waals surface area contributed by atoms with Gasteiger partial charge in [-0.05, 0) is 38.4 Å². The number of morpholine rings is 1. The fraction of sp³-hybridized carbons (Fsp3) is 0.706. The number of carbonyl (C=O) groups excluding carboxylic acids is 1. The summed E-state index contributed by atoms with van der Waals surface area (Å²) in [4.78, 5) is 14.7. The number of hydrogen-bond donors (Lipinski definition) is 2. The molecule has 0 bridgehead atoms. The minimum atomic E-state index is -0.0487. The second kappa shape index (κ2) is 11.0. The number of carbonyl (C=O) groups is 1. The van der Waals surface area contributed by atoms with E-state index >= 15 is 0 Å². The predicted molar refractivity (Wildman–Crippen MR) is 102 cm³/mol. The van der Waals surface area contributed by atoms with Crippen molar-refractivity contribution in [3.8, 4) is 0 Å². The summed E-state index contributed by atoms with van der Waals surface area (Å²) >= 11 is 0. The number of ether oxygens (including phenoxy) is 1. The van der Waals surface area contributed by atoms with Crippen molar-refractivity contribution in [1.82, 2.24) is 15.5 Å². The Balaban J connectivity index is 0.00000156. The highest BCUT2D eigenvalue weighted by molar-refractivity contribution is 5.85. The normalized spacial score (nSPS) is 22.4. The molecule has 1 amide bonds. The van der Waals surface area contributed by atoms with Crippen LogP contribution in [0.25, 0.3) is 0 Å². The number of aryl methyl sites for hydroxylation is 1. The maximum absolute atomic E-state index is 12.4. The van der Waals surface area contributed by atoms with Crippen LogP contribution in [0.5, 0.6) is 0 Å². The lowest BCUT2D eigenvalue weighted by molar-refractivity contribution is -0.124. The summed E-state index contributed by atoms with van der Waals surface area (Å²) in [6, 6.07) is 4.01. The Morgan fingerprint density at radius 1 is 1.32 bits per heavy atom. The number of amides is 1. The van der Waals surface area contributed by atoms with Gasteiger partial charge in [0, 0.05) is 19.6 Å². The van der Waals surface area contributed by atoms with E-state index < -0.39 is 0 Å². The number of furan rings is 1. The van der Waals surface area contributed by atoms with E-state index in [0.717, 1.165) is 63.6 Å². The average molecular weight is 394 g/mol. The summed E-state index contributed by atoms with van der Waals surface area (Å²) in [5.74, 6) is 1.92. The fourth-order valence-electron chi connectivity index (χ4n) is 3.33. The van der Waals surface area contributed by atoms with Gasteiger partial charge in [-0.3, -0.25) is 9.69 Å². The largest absolute Gasteiger partial charge is 0.465 e. The molecule has 6 nitrogen and oxygen atoms in total. The Morgan fingerprint density at radius 3 is 2.68 bits per heavy atom. The molecule has 144 valence electrons. The first-order valence-corrected chi connectivity index (χ1v) is 8.63. The molecule has 0 aliphatic carbocycles. The molecule has 1 aromatic rings. The van der Waals surface area contributed by atoms with Gasteiger partial charge in [0.2, 0.25) is 5.91 Å². The monoisotopic (exact) mass is 393 g/mol. The Labute approximate surface area is 161 Å². The van der Waals surface area contributed by atoms with E-state index in [1.54, 1.807) is 0 Å². The molecule has 0 saturated carbocycles. The second-order valence-corrected chi connectivity index (χ2v) is 6.36. The second-order valence-electron chi connectivity index (χ2n) is 6.36. The third kappa shape index (κ3) is 6.15. The molecule has 2 atom stereocenters. The van der Waals surface area contributed by atoms with Crippen LogP contribution >= 0.6 is 24.8 Å². The summed E-state index contributed by atoms with van der Waals surface area (Å²) in [6.45, 7) is 6.64. The number of halogens is 2. The van der Waals surface area contributed by atoms with Crippen LogP contribution in [0.4, 0.5) is 0 Å². The maximum Gasteiger partial charge on any atom is 0.237 e. The molecule has 0 aromatic carbocycles. The Morgan fingerprint density at radius 2 is 2.08 bits per heavy atom. The average Bonchev–Trinajstić information content (AvgIpc) is 3.03. The molecule has 2 aliphatic heterocycles. The van der Waals surface area contributed by atoms with Crippen LogP contribution in [0.1, 0.15) is 36.8 Å². The van der Waals surface area contributed by atoms with Crippen LogP contribution in [0, 0.1) is 6.92 Å². The van der Waals surface area contributed by atoms with Gasteiger partial charge >= 0.3 is 0 Å². The van der Waals surface area contributed by atoms with Crippen molar-refractivity contribution in [2.45, 2.75) is 38.3 Å². The lowest BCUT2D eigenvalue weighted by atomic mass is 10.0. The zero-order chi connectivity index (χ0) is 16.1. The topological polar surface area (TPSA) is 66.7 Å². The number of rotatable bonds is 5. The van der Waals surface area contributed by atoms with Gasteiger partial charge in [-0.1, -0.05) is 6.42 Å². The van der Waals surface area contributed by atoms with Crippen molar-refractivity contribution in [2.75, 3.05) is 39.4 Å². The van der Waals surface area contributed by atoms with Gasteiger partial charge in [0.05, 0.1) is 25.3 Å². The molecular formula is C17H29Cl2N3O3. The maximum atomic E-state index is 12.4. The van der Waals surface area contributed by atoms with Crippen molar-refractivity contribution in [3.63, 3.8) is 0 Å². The van der Waals surface area contributed by atoms with Crippen LogP contribution in [0.3, 0.4) is 0 Å². The molecule has 2 saturated heterocycles. The minimum absolute atomic E-state index is 0. The van der Waals surface area contributed by atoms with Crippen molar-refractivity contribution in [3.05, 3.63) is 23.7 Å². The zero-order valence-electron chi connectivity index (χ0n) is 14.7. The van der Waals surface area contributed by atoms with E-state index in [-0.39, 0.29) is 42.8 Å². The third-order valence-electron chi connectivity index (χ3n) is 4.67. The van der Waals surface area contributed by atoms with Crippen molar-refractivity contribution < 1.29 is 13.9 Å². The van der Waals surface area contributed by atoms with Gasteiger partial charge in [-0.15, -0.1) is 24.8 Å².